The SMILES string of the molecule is COc1cccc(OC)c1C(=O)Nc1ccc(-n2c(C)nc3ccccc3c2=O)cc1C. The van der Waals surface area contributed by atoms with E-state index in [-0.39, 0.29) is 11.5 Å². The Kier molecular flexibility index (Phi) is 5.64. The van der Waals surface area contributed by atoms with Gasteiger partial charge in [-0.1, -0.05) is 18.2 Å². The number of rotatable bonds is 5. The molecule has 0 aliphatic heterocycles. The molecule has 1 amide bonds. The number of nitrogens with one attached hydrogen (secondary N) is 1. The molecule has 7 nitrogen and oxygen atoms in total. The Morgan fingerprint density at radius 1 is 0.938 bits per heavy atom. The molecule has 0 atom stereocenters. The van der Waals surface area contributed by atoms with E-state index in [0.29, 0.717) is 45.2 Å². The summed E-state index contributed by atoms with van der Waals surface area (Å²) in [6.45, 7) is 3.67. The van der Waals surface area contributed by atoms with Crippen LogP contribution in [0.5, 0.6) is 11.5 Å². The molecule has 1 heterocycles. The Labute approximate surface area is 185 Å². The minimum Gasteiger partial charge on any atom is -0.496 e. The Bertz CT molecular complexity index is 1370. The van der Waals surface area contributed by atoms with Crippen LogP contribution in [0.15, 0.2) is 65.5 Å². The Morgan fingerprint density at radius 2 is 1.62 bits per heavy atom. The molecule has 0 saturated heterocycles. The van der Waals surface area contributed by atoms with Crippen molar-refractivity contribution in [3.63, 3.8) is 0 Å². The Balaban J connectivity index is 1.71. The van der Waals surface area contributed by atoms with Gasteiger partial charge in [-0.3, -0.25) is 14.2 Å². The Hall–Kier alpha value is -4.13. The van der Waals surface area contributed by atoms with Gasteiger partial charge in [0.15, 0.2) is 0 Å². The van der Waals surface area contributed by atoms with Gasteiger partial charge in [0.05, 0.1) is 30.8 Å². The number of para-hydroxylation sites is 1. The second kappa shape index (κ2) is 8.55. The highest BCUT2D eigenvalue weighted by atomic mass is 16.5. The number of aromatic nitrogens is 2. The lowest BCUT2D eigenvalue weighted by Gasteiger charge is -2.16. The molecule has 4 aromatic rings. The van der Waals surface area contributed by atoms with Gasteiger partial charge in [0.2, 0.25) is 0 Å². The number of anilines is 1. The molecule has 0 radical (unpaired) electrons. The fourth-order valence-electron chi connectivity index (χ4n) is 3.73. The van der Waals surface area contributed by atoms with Crippen LogP contribution in [0.2, 0.25) is 0 Å². The first-order valence-electron chi connectivity index (χ1n) is 10.1. The van der Waals surface area contributed by atoms with E-state index in [0.717, 1.165) is 5.56 Å². The smallest absolute Gasteiger partial charge is 0.265 e. The molecule has 0 saturated carbocycles. The largest absolute Gasteiger partial charge is 0.496 e. The summed E-state index contributed by atoms with van der Waals surface area (Å²) in [6, 6.07) is 17.8. The van der Waals surface area contributed by atoms with Crippen molar-refractivity contribution in [3.8, 4) is 17.2 Å². The summed E-state index contributed by atoms with van der Waals surface area (Å²) >= 11 is 0. The predicted octanol–water partition coefficient (Wildman–Crippen LogP) is 4.27. The molecule has 7 heteroatoms. The first-order valence-corrected chi connectivity index (χ1v) is 10.1. The zero-order chi connectivity index (χ0) is 22.8. The standard InChI is InChI=1S/C25H23N3O4/c1-15-14-17(28-16(2)26-20-9-6-5-8-18(20)25(28)30)12-13-19(15)27-24(29)23-21(31-3)10-7-11-22(23)32-4/h5-14H,1-4H3,(H,27,29). The first-order chi connectivity index (χ1) is 15.4. The topological polar surface area (TPSA) is 82.4 Å². The number of methoxy groups -OCH3 is 2. The first kappa shape index (κ1) is 21.1. The maximum atomic E-state index is 13.1. The molecule has 0 bridgehead atoms. The van der Waals surface area contributed by atoms with Gasteiger partial charge in [0, 0.05) is 5.69 Å². The van der Waals surface area contributed by atoms with E-state index in [1.54, 1.807) is 47.9 Å². The second-order valence-corrected chi connectivity index (χ2v) is 7.31. The molecule has 0 fully saturated rings. The quantitative estimate of drug-likeness (QED) is 0.512. The van der Waals surface area contributed by atoms with Gasteiger partial charge < -0.3 is 14.8 Å². The van der Waals surface area contributed by atoms with Gasteiger partial charge >= 0.3 is 0 Å². The third-order valence-corrected chi connectivity index (χ3v) is 5.31. The molecule has 4 rings (SSSR count). The molecule has 32 heavy (non-hydrogen) atoms. The van der Waals surface area contributed by atoms with Crippen molar-refractivity contribution in [1.82, 2.24) is 9.55 Å². The third kappa shape index (κ3) is 3.69. The average molecular weight is 429 g/mol. The number of carbonyl (C=O) groups excluding carboxylic acids is 1. The molecule has 0 spiro atoms. The highest BCUT2D eigenvalue weighted by Gasteiger charge is 2.19. The Morgan fingerprint density at radius 3 is 2.28 bits per heavy atom. The molecule has 0 aliphatic rings. The predicted molar refractivity (Wildman–Crippen MR) is 124 cm³/mol. The number of amides is 1. The van der Waals surface area contributed by atoms with E-state index in [1.807, 2.05) is 31.2 Å². The maximum absolute atomic E-state index is 13.1. The summed E-state index contributed by atoms with van der Waals surface area (Å²) in [5.74, 6) is 1.07. The van der Waals surface area contributed by atoms with Crippen molar-refractivity contribution in [2.24, 2.45) is 0 Å². The van der Waals surface area contributed by atoms with E-state index in [4.69, 9.17) is 9.47 Å². The van der Waals surface area contributed by atoms with Crippen LogP contribution < -0.4 is 20.3 Å². The molecule has 1 aromatic heterocycles. The molecule has 1 N–H and O–H groups in total. The van der Waals surface area contributed by atoms with E-state index in [9.17, 15) is 9.59 Å². The van der Waals surface area contributed by atoms with E-state index in [1.165, 1.54) is 14.2 Å². The number of fused-ring (bicyclic) bond motifs is 1. The van der Waals surface area contributed by atoms with Crippen LogP contribution in [0, 0.1) is 13.8 Å². The average Bonchev–Trinajstić information content (AvgIpc) is 2.80. The third-order valence-electron chi connectivity index (χ3n) is 5.31. The van der Waals surface area contributed by atoms with Crippen LogP contribution in [0.1, 0.15) is 21.7 Å². The monoisotopic (exact) mass is 429 g/mol. The number of ether oxygens (including phenoxy) is 2. The lowest BCUT2D eigenvalue weighted by atomic mass is 10.1. The van der Waals surface area contributed by atoms with Crippen LogP contribution in [-0.4, -0.2) is 29.7 Å². The van der Waals surface area contributed by atoms with Crippen LogP contribution in [-0.2, 0) is 0 Å². The summed E-state index contributed by atoms with van der Waals surface area (Å²) in [7, 11) is 3.01. The minimum atomic E-state index is -0.351. The summed E-state index contributed by atoms with van der Waals surface area (Å²) in [4.78, 5) is 30.6. The van der Waals surface area contributed by atoms with Gasteiger partial charge in [-0.05, 0) is 61.9 Å². The normalized spacial score (nSPS) is 10.8. The number of benzene rings is 3. The summed E-state index contributed by atoms with van der Waals surface area (Å²) in [6.07, 6.45) is 0. The van der Waals surface area contributed by atoms with Gasteiger partial charge in [-0.15, -0.1) is 0 Å². The fourth-order valence-corrected chi connectivity index (χ4v) is 3.73. The maximum Gasteiger partial charge on any atom is 0.265 e. The minimum absolute atomic E-state index is 0.136. The van der Waals surface area contributed by atoms with Crippen molar-refractivity contribution < 1.29 is 14.3 Å². The van der Waals surface area contributed by atoms with Crippen LogP contribution >= 0.6 is 0 Å². The summed E-state index contributed by atoms with van der Waals surface area (Å²) < 4.78 is 12.2. The number of hydrogen-bond acceptors (Lipinski definition) is 5. The van der Waals surface area contributed by atoms with Crippen molar-refractivity contribution in [2.75, 3.05) is 19.5 Å². The zero-order valence-electron chi connectivity index (χ0n) is 18.3. The van der Waals surface area contributed by atoms with Gasteiger partial charge in [0.25, 0.3) is 11.5 Å². The van der Waals surface area contributed by atoms with Crippen LogP contribution in [0.25, 0.3) is 16.6 Å². The van der Waals surface area contributed by atoms with Crippen LogP contribution in [0.3, 0.4) is 0 Å². The van der Waals surface area contributed by atoms with Gasteiger partial charge in [-0.2, -0.15) is 0 Å². The van der Waals surface area contributed by atoms with Crippen molar-refractivity contribution in [3.05, 3.63) is 88.0 Å². The molecule has 0 aliphatic carbocycles. The van der Waals surface area contributed by atoms with Crippen molar-refractivity contribution in [2.45, 2.75) is 13.8 Å². The fraction of sp³-hybridized carbons (Fsp3) is 0.160. The molecule has 162 valence electrons. The number of hydrogen-bond donors (Lipinski definition) is 1. The zero-order valence-corrected chi connectivity index (χ0v) is 18.3. The molecular formula is C25H23N3O4. The highest BCUT2D eigenvalue weighted by molar-refractivity contribution is 6.08. The second-order valence-electron chi connectivity index (χ2n) is 7.31. The van der Waals surface area contributed by atoms with E-state index < -0.39 is 0 Å². The molecular weight excluding hydrogens is 406 g/mol. The van der Waals surface area contributed by atoms with E-state index in [2.05, 4.69) is 10.3 Å². The van der Waals surface area contributed by atoms with Crippen molar-refractivity contribution in [1.29, 1.82) is 0 Å². The number of nitrogens with zero attached hydrogens (tertiary/aromatic N) is 2. The molecule has 0 unspecified atom stereocenters. The summed E-state index contributed by atoms with van der Waals surface area (Å²) in [5.41, 5.74) is 2.93. The van der Waals surface area contributed by atoms with Crippen LogP contribution in [0.4, 0.5) is 5.69 Å². The molecule has 3 aromatic carbocycles. The van der Waals surface area contributed by atoms with E-state index >= 15 is 0 Å². The van der Waals surface area contributed by atoms with Gasteiger partial charge in [0.1, 0.15) is 22.9 Å². The van der Waals surface area contributed by atoms with Gasteiger partial charge in [-0.25, -0.2) is 4.98 Å². The lowest BCUT2D eigenvalue weighted by molar-refractivity contribution is 0.102. The number of aryl methyl sites for hydroxylation is 2. The highest BCUT2D eigenvalue weighted by Crippen LogP contribution is 2.30. The lowest BCUT2D eigenvalue weighted by Crippen LogP contribution is -2.22. The van der Waals surface area contributed by atoms with Crippen molar-refractivity contribution >= 4 is 22.5 Å². The summed E-state index contributed by atoms with van der Waals surface area (Å²) in [5, 5.41) is 3.46. The number of carbonyl (C=O) groups is 1.